The second-order valence-corrected chi connectivity index (χ2v) is 7.43. The lowest BCUT2D eigenvalue weighted by Gasteiger charge is -2.31. The molecule has 1 amide bonds. The van der Waals surface area contributed by atoms with E-state index in [0.29, 0.717) is 18.2 Å². The van der Waals surface area contributed by atoms with Crippen LogP contribution in [0.15, 0.2) is 42.6 Å². The zero-order valence-corrected chi connectivity index (χ0v) is 17.0. The summed E-state index contributed by atoms with van der Waals surface area (Å²) in [4.78, 5) is 28.2. The highest BCUT2D eigenvalue weighted by Crippen LogP contribution is 2.25. The Kier molecular flexibility index (Phi) is 6.59. The molecule has 0 radical (unpaired) electrons. The predicted octanol–water partition coefficient (Wildman–Crippen LogP) is 1.78. The number of benzene rings is 1. The third-order valence-electron chi connectivity index (χ3n) is 5.51. The first-order chi connectivity index (χ1) is 13.5. The number of rotatable bonds is 7. The number of anilines is 1. The normalized spacial score (nSPS) is 18.0. The monoisotopic (exact) mass is 382 g/mol. The lowest BCUT2D eigenvalue weighted by molar-refractivity contribution is -0.135. The summed E-state index contributed by atoms with van der Waals surface area (Å²) < 4.78 is 0. The molecule has 1 aliphatic heterocycles. The highest BCUT2D eigenvalue weighted by atomic mass is 16.2. The first-order valence-corrected chi connectivity index (χ1v) is 9.81. The standard InChI is InChI=1S/C21H30N6O/c1-4-25(2)20(16-8-6-5-7-9-16)21(28)27-13-11-17(14-27)26(3)15-19-23-12-10-18(22)24-19/h5-10,12,17,20H,4,11,13-15H2,1-3H3,(H2,22,23,24). The van der Waals surface area contributed by atoms with Gasteiger partial charge in [-0.1, -0.05) is 37.3 Å². The summed E-state index contributed by atoms with van der Waals surface area (Å²) in [5.41, 5.74) is 6.80. The second-order valence-electron chi connectivity index (χ2n) is 7.43. The molecule has 1 aliphatic rings. The van der Waals surface area contributed by atoms with Gasteiger partial charge in [-0.2, -0.15) is 0 Å². The molecule has 0 saturated carbocycles. The molecule has 7 nitrogen and oxygen atoms in total. The van der Waals surface area contributed by atoms with Gasteiger partial charge in [-0.25, -0.2) is 9.97 Å². The summed E-state index contributed by atoms with van der Waals surface area (Å²) in [7, 11) is 4.06. The largest absolute Gasteiger partial charge is 0.384 e. The van der Waals surface area contributed by atoms with Gasteiger partial charge in [0.15, 0.2) is 0 Å². The van der Waals surface area contributed by atoms with E-state index in [4.69, 9.17) is 5.73 Å². The van der Waals surface area contributed by atoms with Crippen LogP contribution in [0.1, 0.15) is 30.8 Å². The number of nitrogen functional groups attached to an aromatic ring is 1. The van der Waals surface area contributed by atoms with Crippen LogP contribution in [-0.2, 0) is 11.3 Å². The van der Waals surface area contributed by atoms with E-state index in [9.17, 15) is 4.79 Å². The molecule has 3 rings (SSSR count). The number of amides is 1. The van der Waals surface area contributed by atoms with E-state index in [1.807, 2.05) is 42.3 Å². The van der Waals surface area contributed by atoms with Crippen LogP contribution in [0, 0.1) is 0 Å². The fraction of sp³-hybridized carbons (Fsp3) is 0.476. The minimum Gasteiger partial charge on any atom is -0.384 e. The first-order valence-electron chi connectivity index (χ1n) is 9.81. The highest BCUT2D eigenvalue weighted by Gasteiger charge is 2.34. The number of nitrogens with zero attached hydrogens (tertiary/aromatic N) is 5. The quantitative estimate of drug-likeness (QED) is 0.787. The molecule has 2 N–H and O–H groups in total. The maximum atomic E-state index is 13.3. The Hall–Kier alpha value is -2.51. The molecule has 2 aromatic rings. The van der Waals surface area contributed by atoms with Crippen molar-refractivity contribution in [2.75, 3.05) is 39.5 Å². The van der Waals surface area contributed by atoms with Crippen molar-refractivity contribution in [1.29, 1.82) is 0 Å². The van der Waals surface area contributed by atoms with E-state index in [0.717, 1.165) is 31.6 Å². The number of nitrogens with two attached hydrogens (primary N) is 1. The molecule has 150 valence electrons. The van der Waals surface area contributed by atoms with Crippen molar-refractivity contribution in [1.82, 2.24) is 24.7 Å². The van der Waals surface area contributed by atoms with Gasteiger partial charge in [-0.05, 0) is 38.7 Å². The van der Waals surface area contributed by atoms with Crippen molar-refractivity contribution in [2.24, 2.45) is 0 Å². The molecule has 28 heavy (non-hydrogen) atoms. The predicted molar refractivity (Wildman–Crippen MR) is 110 cm³/mol. The maximum Gasteiger partial charge on any atom is 0.244 e. The Morgan fingerprint density at radius 2 is 2.04 bits per heavy atom. The highest BCUT2D eigenvalue weighted by molar-refractivity contribution is 5.83. The van der Waals surface area contributed by atoms with Gasteiger partial charge in [0.2, 0.25) is 5.91 Å². The zero-order valence-electron chi connectivity index (χ0n) is 17.0. The van der Waals surface area contributed by atoms with Crippen molar-refractivity contribution in [3.05, 3.63) is 54.0 Å². The van der Waals surface area contributed by atoms with Gasteiger partial charge in [0, 0.05) is 25.3 Å². The Morgan fingerprint density at radius 1 is 1.29 bits per heavy atom. The molecule has 2 heterocycles. The van der Waals surface area contributed by atoms with Gasteiger partial charge in [0.05, 0.1) is 6.54 Å². The fourth-order valence-electron chi connectivity index (χ4n) is 3.72. The van der Waals surface area contributed by atoms with Crippen molar-refractivity contribution >= 4 is 11.7 Å². The number of hydrogen-bond donors (Lipinski definition) is 1. The van der Waals surface area contributed by atoms with E-state index >= 15 is 0 Å². The van der Waals surface area contributed by atoms with E-state index in [1.165, 1.54) is 0 Å². The molecule has 0 bridgehead atoms. The second kappa shape index (κ2) is 9.12. The zero-order chi connectivity index (χ0) is 20.1. The van der Waals surface area contributed by atoms with Crippen LogP contribution >= 0.6 is 0 Å². The van der Waals surface area contributed by atoms with Gasteiger partial charge < -0.3 is 10.6 Å². The molecular formula is C21H30N6O. The molecule has 2 atom stereocenters. The number of carbonyl (C=O) groups excluding carboxylic acids is 1. The molecule has 1 aromatic heterocycles. The maximum absolute atomic E-state index is 13.3. The van der Waals surface area contributed by atoms with E-state index in [1.54, 1.807) is 12.3 Å². The Bertz CT molecular complexity index is 783. The number of likely N-dealkylation sites (N-methyl/N-ethyl adjacent to an activating group) is 2. The summed E-state index contributed by atoms with van der Waals surface area (Å²) >= 11 is 0. The Morgan fingerprint density at radius 3 is 2.71 bits per heavy atom. The molecule has 0 spiro atoms. The van der Waals surface area contributed by atoms with Crippen LogP contribution in [0.4, 0.5) is 5.82 Å². The average molecular weight is 383 g/mol. The van der Waals surface area contributed by atoms with E-state index in [2.05, 4.69) is 33.7 Å². The van der Waals surface area contributed by atoms with Crippen LogP contribution in [-0.4, -0.2) is 70.3 Å². The molecule has 1 fully saturated rings. The fourth-order valence-corrected chi connectivity index (χ4v) is 3.72. The van der Waals surface area contributed by atoms with Crippen LogP contribution in [0.25, 0.3) is 0 Å². The topological polar surface area (TPSA) is 78.6 Å². The Balaban J connectivity index is 1.66. The minimum absolute atomic E-state index is 0.173. The molecule has 1 aromatic carbocycles. The molecule has 2 unspecified atom stereocenters. The van der Waals surface area contributed by atoms with Gasteiger partial charge in [0.1, 0.15) is 17.7 Å². The average Bonchev–Trinajstić information content (AvgIpc) is 3.19. The van der Waals surface area contributed by atoms with E-state index in [-0.39, 0.29) is 18.0 Å². The minimum atomic E-state index is -0.243. The summed E-state index contributed by atoms with van der Waals surface area (Å²) in [5.74, 6) is 1.36. The SMILES string of the molecule is CCN(C)C(C(=O)N1CCC(N(C)Cc2nccc(N)n2)C1)c1ccccc1. The van der Waals surface area contributed by atoms with Gasteiger partial charge >= 0.3 is 0 Å². The molecule has 0 aliphatic carbocycles. The summed E-state index contributed by atoms with van der Waals surface area (Å²) in [6.07, 6.45) is 2.63. The number of hydrogen-bond acceptors (Lipinski definition) is 6. The number of likely N-dealkylation sites (tertiary alicyclic amines) is 1. The molecular weight excluding hydrogens is 352 g/mol. The van der Waals surface area contributed by atoms with Crippen LogP contribution in [0.2, 0.25) is 0 Å². The smallest absolute Gasteiger partial charge is 0.244 e. The van der Waals surface area contributed by atoms with Crippen LogP contribution in [0.5, 0.6) is 0 Å². The summed E-state index contributed by atoms with van der Waals surface area (Å²) in [6.45, 7) is 5.00. The first kappa shape index (κ1) is 20.2. The molecule has 1 saturated heterocycles. The summed E-state index contributed by atoms with van der Waals surface area (Å²) in [5, 5.41) is 0. The van der Waals surface area contributed by atoms with Gasteiger partial charge in [-0.15, -0.1) is 0 Å². The van der Waals surface area contributed by atoms with Gasteiger partial charge in [-0.3, -0.25) is 14.6 Å². The van der Waals surface area contributed by atoms with Crippen LogP contribution in [0.3, 0.4) is 0 Å². The van der Waals surface area contributed by atoms with Crippen molar-refractivity contribution in [3.63, 3.8) is 0 Å². The number of carbonyl (C=O) groups is 1. The van der Waals surface area contributed by atoms with E-state index < -0.39 is 0 Å². The summed E-state index contributed by atoms with van der Waals surface area (Å²) in [6, 6.07) is 11.8. The van der Waals surface area contributed by atoms with Gasteiger partial charge in [0.25, 0.3) is 0 Å². The molecule has 7 heteroatoms. The Labute approximate surface area is 167 Å². The number of aromatic nitrogens is 2. The third-order valence-corrected chi connectivity index (χ3v) is 5.51. The van der Waals surface area contributed by atoms with Crippen LogP contribution < -0.4 is 5.73 Å². The van der Waals surface area contributed by atoms with Crippen molar-refractivity contribution < 1.29 is 4.79 Å². The third kappa shape index (κ3) is 4.66. The van der Waals surface area contributed by atoms with Crippen molar-refractivity contribution in [2.45, 2.75) is 32.0 Å². The van der Waals surface area contributed by atoms with Crippen molar-refractivity contribution in [3.8, 4) is 0 Å². The lowest BCUT2D eigenvalue weighted by atomic mass is 10.0. The lowest BCUT2D eigenvalue weighted by Crippen LogP contribution is -2.42.